The molecule has 0 atom stereocenters. The highest BCUT2D eigenvalue weighted by Gasteiger charge is 2.12. The van der Waals surface area contributed by atoms with Gasteiger partial charge < -0.3 is 24.7 Å². The van der Waals surface area contributed by atoms with Crippen LogP contribution in [0.2, 0.25) is 0 Å². The van der Waals surface area contributed by atoms with Crippen LogP contribution in [0.25, 0.3) is 24.3 Å². The summed E-state index contributed by atoms with van der Waals surface area (Å²) >= 11 is 0. The molecule has 0 aliphatic rings. The van der Waals surface area contributed by atoms with E-state index in [0.717, 1.165) is 22.5 Å². The minimum Gasteiger partial charge on any atom is -0.493 e. The molecule has 0 saturated heterocycles. The number of rotatable bonds is 10. The summed E-state index contributed by atoms with van der Waals surface area (Å²) < 4.78 is 23.7. The first kappa shape index (κ1) is 23.9. The Bertz CT molecular complexity index is 1060. The van der Waals surface area contributed by atoms with Gasteiger partial charge in [0.05, 0.1) is 35.0 Å². The molecule has 3 rings (SSSR count). The molecule has 2 aromatic carbocycles. The fraction of sp³-hybridized carbons (Fsp3) is 0.222. The molecular formula is C27H31N2O4+. The Hall–Kier alpha value is -3.77. The number of aromatic nitrogens is 1. The zero-order chi connectivity index (χ0) is 23.6. The molecule has 0 saturated carbocycles. The van der Waals surface area contributed by atoms with Crippen molar-refractivity contribution in [3.05, 3.63) is 77.1 Å². The highest BCUT2D eigenvalue weighted by Crippen LogP contribution is 2.29. The van der Waals surface area contributed by atoms with Gasteiger partial charge in [0.25, 0.3) is 0 Å². The lowest BCUT2D eigenvalue weighted by atomic mass is 10.1. The first-order valence-electron chi connectivity index (χ1n) is 10.7. The van der Waals surface area contributed by atoms with Crippen LogP contribution in [-0.4, -0.2) is 35.0 Å². The maximum absolute atomic E-state index is 5.92. The molecule has 0 bridgehead atoms. The molecule has 6 heteroatoms. The molecule has 6 nitrogen and oxygen atoms in total. The van der Waals surface area contributed by atoms with Gasteiger partial charge in [-0.25, -0.2) is 0 Å². The van der Waals surface area contributed by atoms with Gasteiger partial charge in [0.15, 0.2) is 29.5 Å². The van der Waals surface area contributed by atoms with E-state index in [1.807, 2.05) is 54.6 Å². The summed E-state index contributed by atoms with van der Waals surface area (Å²) in [6.45, 7) is 1.22. The number of hydrogen-bond donors (Lipinski definition) is 1. The van der Waals surface area contributed by atoms with E-state index in [-0.39, 0.29) is 0 Å². The van der Waals surface area contributed by atoms with Crippen LogP contribution in [0.15, 0.2) is 54.6 Å². The highest BCUT2D eigenvalue weighted by atomic mass is 16.5. The number of nitrogens with two attached hydrogens (primary N) is 1. The second-order valence-corrected chi connectivity index (χ2v) is 7.21. The molecule has 0 spiro atoms. The first-order chi connectivity index (χ1) is 16.1. The maximum atomic E-state index is 5.92. The van der Waals surface area contributed by atoms with E-state index in [9.17, 15) is 0 Å². The standard InChI is InChI=1S/C27H31N2O4/c1-30-24-14-10-20(18-26(24)32-3)8-12-22-6-5-7-23(29(22)17-16-28)13-9-21-11-15-25(31-2)27(19-21)33-4/h5-15,18-19H,16-17,28H2,1-4H3/q+1/b12-8+,13-9+. The molecule has 1 heterocycles. The van der Waals surface area contributed by atoms with Crippen LogP contribution in [0, 0.1) is 0 Å². The lowest BCUT2D eigenvalue weighted by molar-refractivity contribution is -0.697. The van der Waals surface area contributed by atoms with Crippen molar-refractivity contribution in [1.29, 1.82) is 0 Å². The fourth-order valence-electron chi connectivity index (χ4n) is 3.53. The number of pyridine rings is 1. The monoisotopic (exact) mass is 447 g/mol. The van der Waals surface area contributed by atoms with Crippen molar-refractivity contribution in [2.24, 2.45) is 5.73 Å². The van der Waals surface area contributed by atoms with Crippen LogP contribution in [-0.2, 0) is 6.54 Å². The number of hydrogen-bond acceptors (Lipinski definition) is 5. The van der Waals surface area contributed by atoms with E-state index in [2.05, 4.69) is 28.9 Å². The summed E-state index contributed by atoms with van der Waals surface area (Å²) in [5.74, 6) is 2.80. The maximum Gasteiger partial charge on any atom is 0.205 e. The van der Waals surface area contributed by atoms with Gasteiger partial charge in [-0.1, -0.05) is 12.1 Å². The second kappa shape index (κ2) is 11.7. The number of nitrogens with zero attached hydrogens (tertiary/aromatic N) is 1. The number of methoxy groups -OCH3 is 4. The van der Waals surface area contributed by atoms with Crippen LogP contribution >= 0.6 is 0 Å². The Kier molecular flexibility index (Phi) is 8.49. The normalized spacial score (nSPS) is 11.2. The summed E-state index contributed by atoms with van der Waals surface area (Å²) in [4.78, 5) is 0. The molecule has 3 aromatic rings. The third kappa shape index (κ3) is 5.93. The fourth-order valence-corrected chi connectivity index (χ4v) is 3.53. The number of benzene rings is 2. The van der Waals surface area contributed by atoms with E-state index < -0.39 is 0 Å². The first-order valence-corrected chi connectivity index (χ1v) is 10.7. The lowest BCUT2D eigenvalue weighted by Gasteiger charge is -2.08. The molecule has 0 unspecified atom stereocenters. The third-order valence-electron chi connectivity index (χ3n) is 5.22. The van der Waals surface area contributed by atoms with Gasteiger partial charge in [0.1, 0.15) is 0 Å². The highest BCUT2D eigenvalue weighted by molar-refractivity contribution is 5.71. The molecule has 0 aliphatic heterocycles. The third-order valence-corrected chi connectivity index (χ3v) is 5.22. The lowest BCUT2D eigenvalue weighted by Crippen LogP contribution is -2.43. The average Bonchev–Trinajstić information content (AvgIpc) is 2.86. The SMILES string of the molecule is COc1ccc(/C=C/c2cccc(/C=C/c3ccc(OC)c(OC)c3)[n+]2CCN)cc1OC. The predicted octanol–water partition coefficient (Wildman–Crippen LogP) is 4.31. The Labute approximate surface area is 195 Å². The molecular weight excluding hydrogens is 416 g/mol. The summed E-state index contributed by atoms with van der Waals surface area (Å²) in [6.07, 6.45) is 8.24. The smallest absolute Gasteiger partial charge is 0.205 e. The molecule has 1 aromatic heterocycles. The van der Waals surface area contributed by atoms with Gasteiger partial charge in [0, 0.05) is 24.3 Å². The van der Waals surface area contributed by atoms with E-state index >= 15 is 0 Å². The van der Waals surface area contributed by atoms with Crippen LogP contribution in [0.3, 0.4) is 0 Å². The molecule has 0 radical (unpaired) electrons. The van der Waals surface area contributed by atoms with Crippen LogP contribution in [0.4, 0.5) is 0 Å². The minimum absolute atomic E-state index is 0.531. The van der Waals surface area contributed by atoms with Crippen LogP contribution in [0.1, 0.15) is 22.5 Å². The molecule has 33 heavy (non-hydrogen) atoms. The van der Waals surface area contributed by atoms with E-state index in [4.69, 9.17) is 24.7 Å². The zero-order valence-corrected chi connectivity index (χ0v) is 19.6. The van der Waals surface area contributed by atoms with E-state index in [1.165, 1.54) is 0 Å². The second-order valence-electron chi connectivity index (χ2n) is 7.21. The van der Waals surface area contributed by atoms with Crippen molar-refractivity contribution >= 4 is 24.3 Å². The van der Waals surface area contributed by atoms with Gasteiger partial charge in [-0.3, -0.25) is 0 Å². The van der Waals surface area contributed by atoms with Gasteiger partial charge in [-0.05, 0) is 53.6 Å². The molecule has 2 N–H and O–H groups in total. The van der Waals surface area contributed by atoms with Gasteiger partial charge >= 0.3 is 0 Å². The Balaban J connectivity index is 1.91. The van der Waals surface area contributed by atoms with Crippen LogP contribution in [0.5, 0.6) is 23.0 Å². The van der Waals surface area contributed by atoms with Crippen molar-refractivity contribution in [2.45, 2.75) is 6.54 Å². The molecule has 0 amide bonds. The number of ether oxygens (including phenoxy) is 4. The van der Waals surface area contributed by atoms with Gasteiger partial charge in [-0.2, -0.15) is 4.57 Å². The van der Waals surface area contributed by atoms with Crippen molar-refractivity contribution < 1.29 is 23.5 Å². The molecule has 172 valence electrons. The minimum atomic E-state index is 0.531. The average molecular weight is 448 g/mol. The summed E-state index contributed by atoms with van der Waals surface area (Å²) in [5, 5.41) is 0. The summed E-state index contributed by atoms with van der Waals surface area (Å²) in [5.41, 5.74) is 10.0. The van der Waals surface area contributed by atoms with Crippen molar-refractivity contribution in [2.75, 3.05) is 35.0 Å². The summed E-state index contributed by atoms with van der Waals surface area (Å²) in [7, 11) is 6.53. The van der Waals surface area contributed by atoms with Gasteiger partial charge in [0.2, 0.25) is 11.4 Å². The van der Waals surface area contributed by atoms with Crippen molar-refractivity contribution in [3.8, 4) is 23.0 Å². The van der Waals surface area contributed by atoms with E-state index in [0.29, 0.717) is 36.1 Å². The largest absolute Gasteiger partial charge is 0.493 e. The van der Waals surface area contributed by atoms with Gasteiger partial charge in [-0.15, -0.1) is 0 Å². The topological polar surface area (TPSA) is 66.8 Å². The quantitative estimate of drug-likeness (QED) is 0.469. The molecule has 0 aliphatic carbocycles. The van der Waals surface area contributed by atoms with Crippen molar-refractivity contribution in [3.63, 3.8) is 0 Å². The van der Waals surface area contributed by atoms with E-state index in [1.54, 1.807) is 28.4 Å². The predicted molar refractivity (Wildman–Crippen MR) is 133 cm³/mol. The van der Waals surface area contributed by atoms with Crippen molar-refractivity contribution in [1.82, 2.24) is 0 Å². The molecule has 0 fully saturated rings. The zero-order valence-electron chi connectivity index (χ0n) is 19.6. The summed E-state index contributed by atoms with van der Waals surface area (Å²) in [6, 6.07) is 17.9. The Morgan fingerprint density at radius 3 is 1.48 bits per heavy atom. The van der Waals surface area contributed by atoms with Crippen LogP contribution < -0.4 is 29.2 Å². The Morgan fingerprint density at radius 1 is 0.636 bits per heavy atom. The Morgan fingerprint density at radius 2 is 1.09 bits per heavy atom.